The Labute approximate surface area is 118 Å². The molecule has 1 heterocycles. The van der Waals surface area contributed by atoms with Crippen LogP contribution in [-0.2, 0) is 4.74 Å². The van der Waals surface area contributed by atoms with Crippen LogP contribution in [0.15, 0.2) is 6.07 Å². The maximum Gasteiger partial charge on any atom is 0.252 e. The Kier molecular flexibility index (Phi) is 6.13. The van der Waals surface area contributed by atoms with Gasteiger partial charge in [0.05, 0.1) is 12.2 Å². The SMILES string of the molecule is CCCNc1nc(OCCOC(C)(C)C)c(F)cc1F. The van der Waals surface area contributed by atoms with Crippen LogP contribution in [0.25, 0.3) is 0 Å². The number of nitrogens with one attached hydrogen (secondary N) is 1. The fourth-order valence-electron chi connectivity index (χ4n) is 1.40. The highest BCUT2D eigenvalue weighted by atomic mass is 19.1. The first-order chi connectivity index (χ1) is 9.33. The molecular formula is C14H22F2N2O2. The van der Waals surface area contributed by atoms with Gasteiger partial charge in [0.25, 0.3) is 5.88 Å². The average Bonchev–Trinajstić information content (AvgIpc) is 2.34. The zero-order valence-corrected chi connectivity index (χ0v) is 12.4. The molecule has 0 aliphatic heterocycles. The minimum absolute atomic E-state index is 0.00000949. The lowest BCUT2D eigenvalue weighted by molar-refractivity contribution is -0.0172. The van der Waals surface area contributed by atoms with Crippen LogP contribution >= 0.6 is 0 Å². The molecule has 4 nitrogen and oxygen atoms in total. The molecule has 0 aromatic carbocycles. The van der Waals surface area contributed by atoms with E-state index in [2.05, 4.69) is 10.3 Å². The van der Waals surface area contributed by atoms with E-state index in [1.807, 2.05) is 27.7 Å². The van der Waals surface area contributed by atoms with Gasteiger partial charge in [0.15, 0.2) is 17.5 Å². The van der Waals surface area contributed by atoms with Gasteiger partial charge < -0.3 is 14.8 Å². The number of rotatable bonds is 7. The highest BCUT2D eigenvalue weighted by Gasteiger charge is 2.14. The van der Waals surface area contributed by atoms with E-state index in [1.165, 1.54) is 0 Å². The van der Waals surface area contributed by atoms with Gasteiger partial charge in [-0.1, -0.05) is 6.92 Å². The van der Waals surface area contributed by atoms with Gasteiger partial charge in [0, 0.05) is 12.6 Å². The summed E-state index contributed by atoms with van der Waals surface area (Å²) in [7, 11) is 0. The van der Waals surface area contributed by atoms with Crippen molar-refractivity contribution in [2.75, 3.05) is 25.1 Å². The average molecular weight is 288 g/mol. The van der Waals surface area contributed by atoms with E-state index in [-0.39, 0.29) is 23.9 Å². The molecule has 1 N–H and O–H groups in total. The number of halogens is 2. The molecule has 1 rings (SSSR count). The van der Waals surface area contributed by atoms with Crippen molar-refractivity contribution >= 4 is 5.82 Å². The van der Waals surface area contributed by atoms with Crippen molar-refractivity contribution in [2.24, 2.45) is 0 Å². The molecular weight excluding hydrogens is 266 g/mol. The van der Waals surface area contributed by atoms with Crippen molar-refractivity contribution < 1.29 is 18.3 Å². The van der Waals surface area contributed by atoms with Crippen molar-refractivity contribution in [1.29, 1.82) is 0 Å². The Balaban J connectivity index is 2.60. The number of anilines is 1. The van der Waals surface area contributed by atoms with Gasteiger partial charge in [-0.05, 0) is 27.2 Å². The summed E-state index contributed by atoms with van der Waals surface area (Å²) in [5, 5.41) is 2.78. The van der Waals surface area contributed by atoms with E-state index in [9.17, 15) is 8.78 Å². The topological polar surface area (TPSA) is 43.4 Å². The summed E-state index contributed by atoms with van der Waals surface area (Å²) in [5.74, 6) is -1.77. The van der Waals surface area contributed by atoms with Crippen molar-refractivity contribution in [3.05, 3.63) is 17.7 Å². The monoisotopic (exact) mass is 288 g/mol. The summed E-state index contributed by atoms with van der Waals surface area (Å²) >= 11 is 0. The van der Waals surface area contributed by atoms with Gasteiger partial charge in [0.2, 0.25) is 0 Å². The first kappa shape index (κ1) is 16.6. The third-order valence-electron chi connectivity index (χ3n) is 2.30. The molecule has 6 heteroatoms. The van der Waals surface area contributed by atoms with Crippen LogP contribution in [0.5, 0.6) is 5.88 Å². The Morgan fingerprint density at radius 1 is 1.20 bits per heavy atom. The van der Waals surface area contributed by atoms with Gasteiger partial charge in [-0.25, -0.2) is 8.78 Å². The maximum absolute atomic E-state index is 13.5. The first-order valence-corrected chi connectivity index (χ1v) is 6.70. The minimum Gasteiger partial charge on any atom is -0.473 e. The molecule has 0 bridgehead atoms. The van der Waals surface area contributed by atoms with E-state index in [0.29, 0.717) is 13.2 Å². The predicted octanol–water partition coefficient (Wildman–Crippen LogP) is 3.38. The number of pyridine rings is 1. The number of hydrogen-bond acceptors (Lipinski definition) is 4. The third kappa shape index (κ3) is 5.69. The summed E-state index contributed by atoms with van der Waals surface area (Å²) in [4.78, 5) is 3.80. The van der Waals surface area contributed by atoms with E-state index < -0.39 is 11.6 Å². The van der Waals surface area contributed by atoms with Gasteiger partial charge in [-0.2, -0.15) is 4.98 Å². The minimum atomic E-state index is -0.819. The second kappa shape index (κ2) is 7.38. The van der Waals surface area contributed by atoms with Crippen LogP contribution in [0.4, 0.5) is 14.6 Å². The molecule has 0 amide bonds. The van der Waals surface area contributed by atoms with Crippen LogP contribution < -0.4 is 10.1 Å². The highest BCUT2D eigenvalue weighted by Crippen LogP contribution is 2.21. The van der Waals surface area contributed by atoms with E-state index >= 15 is 0 Å². The fourth-order valence-corrected chi connectivity index (χ4v) is 1.40. The van der Waals surface area contributed by atoms with E-state index in [0.717, 1.165) is 12.5 Å². The molecule has 114 valence electrons. The molecule has 0 radical (unpaired) electrons. The molecule has 0 aliphatic rings. The predicted molar refractivity (Wildman–Crippen MR) is 74.1 cm³/mol. The van der Waals surface area contributed by atoms with Gasteiger partial charge in [-0.3, -0.25) is 0 Å². The summed E-state index contributed by atoms with van der Waals surface area (Å²) in [6, 6.07) is 0.769. The van der Waals surface area contributed by atoms with Gasteiger partial charge in [-0.15, -0.1) is 0 Å². The van der Waals surface area contributed by atoms with Crippen LogP contribution in [0, 0.1) is 11.6 Å². The van der Waals surface area contributed by atoms with Crippen LogP contribution in [-0.4, -0.2) is 30.3 Å². The number of aromatic nitrogens is 1. The Morgan fingerprint density at radius 3 is 2.50 bits per heavy atom. The van der Waals surface area contributed by atoms with Crippen molar-refractivity contribution in [1.82, 2.24) is 4.98 Å². The standard InChI is InChI=1S/C14H22F2N2O2/c1-5-6-17-12-10(15)9-11(16)13(18-12)19-7-8-20-14(2,3)4/h9H,5-8H2,1-4H3,(H,17,18). The molecule has 0 atom stereocenters. The molecule has 20 heavy (non-hydrogen) atoms. The van der Waals surface area contributed by atoms with Gasteiger partial charge >= 0.3 is 0 Å². The number of ether oxygens (including phenoxy) is 2. The summed E-state index contributed by atoms with van der Waals surface area (Å²) in [6.45, 7) is 8.70. The molecule has 1 aromatic rings. The Bertz CT molecular complexity index is 434. The quantitative estimate of drug-likeness (QED) is 0.781. The van der Waals surface area contributed by atoms with Crippen LogP contribution in [0.1, 0.15) is 34.1 Å². The molecule has 0 saturated carbocycles. The van der Waals surface area contributed by atoms with Crippen LogP contribution in [0.2, 0.25) is 0 Å². The molecule has 1 aromatic heterocycles. The summed E-state index contributed by atoms with van der Waals surface area (Å²) in [5.41, 5.74) is -0.286. The molecule has 0 aliphatic carbocycles. The van der Waals surface area contributed by atoms with Crippen molar-refractivity contribution in [3.8, 4) is 5.88 Å². The van der Waals surface area contributed by atoms with Crippen molar-refractivity contribution in [3.63, 3.8) is 0 Å². The Morgan fingerprint density at radius 2 is 1.90 bits per heavy atom. The second-order valence-electron chi connectivity index (χ2n) is 5.34. The number of hydrogen-bond donors (Lipinski definition) is 1. The lowest BCUT2D eigenvalue weighted by Gasteiger charge is -2.19. The summed E-state index contributed by atoms with van der Waals surface area (Å²) < 4.78 is 37.6. The molecule has 0 saturated heterocycles. The Hall–Kier alpha value is -1.43. The molecule has 0 spiro atoms. The summed E-state index contributed by atoms with van der Waals surface area (Å²) in [6.07, 6.45) is 0.814. The normalized spacial score (nSPS) is 11.5. The van der Waals surface area contributed by atoms with Crippen molar-refractivity contribution in [2.45, 2.75) is 39.7 Å². The van der Waals surface area contributed by atoms with E-state index in [1.54, 1.807) is 0 Å². The van der Waals surface area contributed by atoms with Gasteiger partial charge in [0.1, 0.15) is 6.61 Å². The molecule has 0 unspecified atom stereocenters. The lowest BCUT2D eigenvalue weighted by Crippen LogP contribution is -2.22. The second-order valence-corrected chi connectivity index (χ2v) is 5.34. The molecule has 0 fully saturated rings. The van der Waals surface area contributed by atoms with Crippen LogP contribution in [0.3, 0.4) is 0 Å². The lowest BCUT2D eigenvalue weighted by atomic mass is 10.2. The zero-order chi connectivity index (χ0) is 15.2. The smallest absolute Gasteiger partial charge is 0.252 e. The number of nitrogens with zero attached hydrogens (tertiary/aromatic N) is 1. The zero-order valence-electron chi connectivity index (χ0n) is 12.4. The fraction of sp³-hybridized carbons (Fsp3) is 0.643. The highest BCUT2D eigenvalue weighted by molar-refractivity contribution is 5.39. The first-order valence-electron chi connectivity index (χ1n) is 6.70. The third-order valence-corrected chi connectivity index (χ3v) is 2.30. The van der Waals surface area contributed by atoms with E-state index in [4.69, 9.17) is 9.47 Å². The largest absolute Gasteiger partial charge is 0.473 e. The maximum atomic E-state index is 13.5.